The molecule has 0 aliphatic heterocycles. The number of rotatable bonds is 28. The van der Waals surface area contributed by atoms with E-state index in [0.29, 0.717) is 0 Å². The van der Waals surface area contributed by atoms with Gasteiger partial charge in [-0.3, -0.25) is 0 Å². The van der Waals surface area contributed by atoms with Crippen molar-refractivity contribution in [3.63, 3.8) is 0 Å². The fraction of sp³-hybridized carbons (Fsp3) is 1.00. The van der Waals surface area contributed by atoms with E-state index < -0.39 is 7.28 Å². The molecule has 0 fully saturated rings. The molecule has 5 N–H and O–H groups in total. The molecule has 0 unspecified atom stereocenters. The van der Waals surface area contributed by atoms with Gasteiger partial charge in [0.15, 0.2) is 0 Å². The molecule has 4 nitrogen and oxygen atoms in total. The van der Waals surface area contributed by atoms with Crippen molar-refractivity contribution in [2.75, 3.05) is 18.9 Å². The predicted molar refractivity (Wildman–Crippen MR) is 169 cm³/mol. The van der Waals surface area contributed by atoms with E-state index in [1.807, 2.05) is 0 Å². The second-order valence-electron chi connectivity index (χ2n) is 11.7. The minimum atomic E-state index is -4.31. The summed E-state index contributed by atoms with van der Waals surface area (Å²) in [5.41, 5.74) is 5.47. The Hall–Kier alpha value is 0.270. The second-order valence-corrected chi connectivity index (χ2v) is 15.3. The van der Waals surface area contributed by atoms with Crippen molar-refractivity contribution in [1.29, 1.82) is 0 Å². The van der Waals surface area contributed by atoms with Crippen LogP contribution in [0.4, 0.5) is 0 Å². The molecule has 0 aromatic rings. The van der Waals surface area contributed by atoms with Crippen LogP contribution in [0.5, 0.6) is 0 Å². The van der Waals surface area contributed by atoms with E-state index in [1.165, 1.54) is 128 Å². The van der Waals surface area contributed by atoms with Gasteiger partial charge < -0.3 is 5.73 Å². The normalized spacial score (nSPS) is 12.7. The molecule has 0 atom stereocenters. The number of hydrogen-bond donors (Lipinski definition) is 4. The van der Waals surface area contributed by atoms with Crippen LogP contribution in [0.25, 0.3) is 0 Å². The molecule has 0 bridgehead atoms. The van der Waals surface area contributed by atoms with E-state index in [0.717, 1.165) is 45.1 Å². The third-order valence-corrected chi connectivity index (χ3v) is 9.96. The standard InChI is InChI=1S/C16H35N.C16H37O3P/c1-2-3-4-5-6-7-8-9-10-11-12-13-14-15-16-17;1-3-5-7-9-11-13-15-20(17,18,19)16-14-12-10-8-6-4-2/h2-17H2,1H3;17-19H,3-16H2,1-2H3. The van der Waals surface area contributed by atoms with Crippen molar-refractivity contribution in [1.82, 2.24) is 0 Å². The molecule has 0 aliphatic carbocycles. The van der Waals surface area contributed by atoms with E-state index >= 15 is 0 Å². The summed E-state index contributed by atoms with van der Waals surface area (Å²) in [5.74, 6) is 0. The van der Waals surface area contributed by atoms with Gasteiger partial charge in [-0.15, -0.1) is 0 Å². The first kappa shape index (κ1) is 39.4. The van der Waals surface area contributed by atoms with E-state index in [9.17, 15) is 14.7 Å². The Balaban J connectivity index is 0. The van der Waals surface area contributed by atoms with Crippen LogP contribution in [0, 0.1) is 0 Å². The van der Waals surface area contributed by atoms with E-state index in [1.54, 1.807) is 0 Å². The van der Waals surface area contributed by atoms with Gasteiger partial charge >= 0.3 is 125 Å². The number of nitrogens with two attached hydrogens (primary N) is 1. The van der Waals surface area contributed by atoms with Gasteiger partial charge in [0.1, 0.15) is 0 Å². The molecule has 0 aromatic carbocycles. The van der Waals surface area contributed by atoms with Crippen LogP contribution in [0.3, 0.4) is 0 Å². The predicted octanol–water partition coefficient (Wildman–Crippen LogP) is 10.4. The molecule has 0 radical (unpaired) electrons. The Morgan fingerprint density at radius 2 is 0.568 bits per heavy atom. The monoisotopic (exact) mass is 550 g/mol. The Labute approximate surface area is 234 Å². The third kappa shape index (κ3) is 36.3. The Kier molecular flexibility index (Phi) is 31.2. The molecule has 0 spiro atoms. The average Bonchev–Trinajstić information content (AvgIpc) is 2.86. The van der Waals surface area contributed by atoms with Crippen LogP contribution in [-0.4, -0.2) is 33.5 Å². The summed E-state index contributed by atoms with van der Waals surface area (Å²) < 4.78 is 0. The zero-order valence-corrected chi connectivity index (χ0v) is 26.8. The van der Waals surface area contributed by atoms with Crippen molar-refractivity contribution < 1.29 is 14.7 Å². The molecular formula is C32H72NO3P. The molecular weight excluding hydrogens is 477 g/mol. The van der Waals surface area contributed by atoms with E-state index in [-0.39, 0.29) is 12.3 Å². The van der Waals surface area contributed by atoms with Gasteiger partial charge in [0.05, 0.1) is 0 Å². The Bertz CT molecular complexity index is 392. The zero-order chi connectivity index (χ0) is 28.0. The minimum absolute atomic E-state index is 0.201. The molecule has 0 saturated carbocycles. The zero-order valence-electron chi connectivity index (χ0n) is 25.9. The van der Waals surface area contributed by atoms with Crippen LogP contribution in [-0.2, 0) is 0 Å². The summed E-state index contributed by atoms with van der Waals surface area (Å²) >= 11 is 0. The van der Waals surface area contributed by atoms with Crippen LogP contribution < -0.4 is 5.73 Å². The van der Waals surface area contributed by atoms with Gasteiger partial charge in [0.25, 0.3) is 0 Å². The maximum absolute atomic E-state index is 10.0. The topological polar surface area (TPSA) is 86.7 Å². The SMILES string of the molecule is CCCCCCCCCCCCCCCCN.CCCCCCCCP(O)(O)(O)CCCCCCCC. The summed E-state index contributed by atoms with van der Waals surface area (Å²) in [7, 11) is -4.31. The van der Waals surface area contributed by atoms with Crippen LogP contribution in [0.15, 0.2) is 0 Å². The van der Waals surface area contributed by atoms with Crippen molar-refractivity contribution >= 4 is 7.28 Å². The fourth-order valence-corrected chi connectivity index (χ4v) is 6.85. The summed E-state index contributed by atoms with van der Waals surface area (Å²) in [5, 5.41) is 0. The second kappa shape index (κ2) is 29.3. The van der Waals surface area contributed by atoms with E-state index in [2.05, 4.69) is 20.8 Å². The first-order valence-electron chi connectivity index (χ1n) is 16.8. The molecule has 0 amide bonds. The quantitative estimate of drug-likeness (QED) is 0.0577. The summed E-state index contributed by atoms with van der Waals surface area (Å²) in [4.78, 5) is 30.1. The van der Waals surface area contributed by atoms with Crippen molar-refractivity contribution in [2.24, 2.45) is 5.73 Å². The molecule has 228 valence electrons. The summed E-state index contributed by atoms with van der Waals surface area (Å²) in [6.07, 6.45) is 33.4. The molecule has 0 saturated heterocycles. The molecule has 0 rings (SSSR count). The fourth-order valence-electron chi connectivity index (χ4n) is 4.88. The Morgan fingerprint density at radius 1 is 0.351 bits per heavy atom. The first-order valence-corrected chi connectivity index (χ1v) is 19.2. The van der Waals surface area contributed by atoms with E-state index in [4.69, 9.17) is 5.73 Å². The van der Waals surface area contributed by atoms with Crippen molar-refractivity contribution in [2.45, 2.75) is 188 Å². The molecule has 0 aromatic heterocycles. The average molecular weight is 550 g/mol. The van der Waals surface area contributed by atoms with Gasteiger partial charge in [0.2, 0.25) is 0 Å². The van der Waals surface area contributed by atoms with Crippen LogP contribution in [0.1, 0.15) is 188 Å². The van der Waals surface area contributed by atoms with Crippen LogP contribution >= 0.6 is 7.28 Å². The van der Waals surface area contributed by atoms with Crippen molar-refractivity contribution in [3.8, 4) is 0 Å². The molecule has 0 heterocycles. The molecule has 37 heavy (non-hydrogen) atoms. The summed E-state index contributed by atoms with van der Waals surface area (Å²) in [6.45, 7) is 7.52. The van der Waals surface area contributed by atoms with Gasteiger partial charge in [-0.1, -0.05) is 90.4 Å². The first-order chi connectivity index (χ1) is 17.8. The van der Waals surface area contributed by atoms with Gasteiger partial charge in [-0.2, -0.15) is 0 Å². The molecule has 5 heteroatoms. The van der Waals surface area contributed by atoms with Gasteiger partial charge in [-0.25, -0.2) is 0 Å². The van der Waals surface area contributed by atoms with Gasteiger partial charge in [-0.05, 0) is 13.0 Å². The van der Waals surface area contributed by atoms with Crippen molar-refractivity contribution in [3.05, 3.63) is 0 Å². The number of unbranched alkanes of at least 4 members (excludes halogenated alkanes) is 23. The third-order valence-electron chi connectivity index (χ3n) is 7.50. The Morgan fingerprint density at radius 3 is 0.811 bits per heavy atom. The van der Waals surface area contributed by atoms with Gasteiger partial charge in [0, 0.05) is 0 Å². The number of hydrogen-bond acceptors (Lipinski definition) is 4. The maximum atomic E-state index is 10.0. The van der Waals surface area contributed by atoms with Crippen LogP contribution in [0.2, 0.25) is 0 Å². The summed E-state index contributed by atoms with van der Waals surface area (Å²) in [6, 6.07) is 0. The molecule has 0 aliphatic rings.